The second kappa shape index (κ2) is 5.19. The molecule has 0 spiro atoms. The molecular weight excluding hydrogens is 257 g/mol. The zero-order valence-corrected chi connectivity index (χ0v) is 11.9. The van der Waals surface area contributed by atoms with Gasteiger partial charge in [0, 0.05) is 22.9 Å². The average Bonchev–Trinajstić information content (AvgIpc) is 2.34. The lowest BCUT2D eigenvalue weighted by Crippen LogP contribution is -2.14. The molecule has 106 valence electrons. The number of aliphatic carboxylic acids is 1. The molecule has 4 heteroatoms. The summed E-state index contributed by atoms with van der Waals surface area (Å²) in [6.07, 6.45) is 0.403. The van der Waals surface area contributed by atoms with Crippen molar-refractivity contribution in [1.29, 1.82) is 0 Å². The summed E-state index contributed by atoms with van der Waals surface area (Å²) in [5.74, 6) is -1.19. The lowest BCUT2D eigenvalue weighted by molar-refractivity contribution is -0.136. The molecule has 1 aromatic heterocycles. The lowest BCUT2D eigenvalue weighted by atomic mass is 9.89. The lowest BCUT2D eigenvalue weighted by Gasteiger charge is -2.20. The summed E-state index contributed by atoms with van der Waals surface area (Å²) < 4.78 is 13.4. The third kappa shape index (κ3) is 3.13. The first kappa shape index (κ1) is 14.4. The first-order chi connectivity index (χ1) is 9.27. The molecule has 0 unspecified atom stereocenters. The van der Waals surface area contributed by atoms with Gasteiger partial charge in [-0.25, -0.2) is 4.39 Å². The van der Waals surface area contributed by atoms with Crippen LogP contribution in [0.25, 0.3) is 10.9 Å². The molecular formula is C16H18FNO2. The van der Waals surface area contributed by atoms with Gasteiger partial charge in [0.05, 0.1) is 5.52 Å². The molecule has 0 amide bonds. The monoisotopic (exact) mass is 275 g/mol. The van der Waals surface area contributed by atoms with Crippen molar-refractivity contribution in [2.45, 2.75) is 39.0 Å². The summed E-state index contributed by atoms with van der Waals surface area (Å²) in [4.78, 5) is 15.3. The Hall–Kier alpha value is -1.97. The Kier molecular flexibility index (Phi) is 3.75. The van der Waals surface area contributed by atoms with Crippen molar-refractivity contribution in [3.63, 3.8) is 0 Å². The number of carboxylic acid groups (broad SMARTS) is 1. The molecule has 20 heavy (non-hydrogen) atoms. The van der Waals surface area contributed by atoms with Crippen LogP contribution in [0.2, 0.25) is 0 Å². The number of hydrogen-bond acceptors (Lipinski definition) is 2. The molecule has 0 aliphatic rings. The van der Waals surface area contributed by atoms with E-state index in [4.69, 9.17) is 5.11 Å². The minimum atomic E-state index is -0.858. The summed E-state index contributed by atoms with van der Waals surface area (Å²) in [6, 6.07) is 6.34. The van der Waals surface area contributed by atoms with Crippen LogP contribution in [0, 0.1) is 5.82 Å². The van der Waals surface area contributed by atoms with E-state index in [1.165, 1.54) is 12.1 Å². The van der Waals surface area contributed by atoms with Gasteiger partial charge in [0.15, 0.2) is 0 Å². The van der Waals surface area contributed by atoms with E-state index in [0.29, 0.717) is 17.3 Å². The molecule has 2 rings (SSSR count). The van der Waals surface area contributed by atoms with Gasteiger partial charge in [0.25, 0.3) is 0 Å². The van der Waals surface area contributed by atoms with Crippen molar-refractivity contribution in [1.82, 2.24) is 4.98 Å². The third-order valence-corrected chi connectivity index (χ3v) is 3.23. The van der Waals surface area contributed by atoms with Crippen molar-refractivity contribution >= 4 is 16.9 Å². The fourth-order valence-corrected chi connectivity index (χ4v) is 2.10. The van der Waals surface area contributed by atoms with Gasteiger partial charge in [-0.2, -0.15) is 0 Å². The van der Waals surface area contributed by atoms with Crippen LogP contribution in [-0.4, -0.2) is 16.1 Å². The van der Waals surface area contributed by atoms with Gasteiger partial charge in [-0.05, 0) is 36.2 Å². The van der Waals surface area contributed by atoms with Crippen LogP contribution in [0.5, 0.6) is 0 Å². The van der Waals surface area contributed by atoms with Crippen molar-refractivity contribution in [2.75, 3.05) is 0 Å². The fraction of sp³-hybridized carbons (Fsp3) is 0.375. The SMILES string of the molecule is CC(C)(C)c1cc(CCC(=O)O)c2cc(F)ccc2n1. The number of carbonyl (C=O) groups is 1. The molecule has 1 heterocycles. The highest BCUT2D eigenvalue weighted by molar-refractivity contribution is 5.83. The minimum Gasteiger partial charge on any atom is -0.481 e. The predicted octanol–water partition coefficient (Wildman–Crippen LogP) is 3.69. The normalized spacial score (nSPS) is 11.8. The van der Waals surface area contributed by atoms with Crippen LogP contribution in [0.3, 0.4) is 0 Å². The molecule has 0 fully saturated rings. The van der Waals surface area contributed by atoms with Gasteiger partial charge in [-0.15, -0.1) is 0 Å². The van der Waals surface area contributed by atoms with E-state index < -0.39 is 5.97 Å². The number of hydrogen-bond donors (Lipinski definition) is 1. The minimum absolute atomic E-state index is 0.0270. The zero-order chi connectivity index (χ0) is 14.9. The molecule has 0 radical (unpaired) electrons. The van der Waals surface area contributed by atoms with E-state index in [9.17, 15) is 9.18 Å². The van der Waals surface area contributed by atoms with Crippen molar-refractivity contribution in [3.8, 4) is 0 Å². The molecule has 1 N–H and O–H groups in total. The topological polar surface area (TPSA) is 50.2 Å². The van der Waals surface area contributed by atoms with Crippen LogP contribution in [0.1, 0.15) is 38.4 Å². The van der Waals surface area contributed by atoms with Gasteiger partial charge >= 0.3 is 5.97 Å². The second-order valence-corrected chi connectivity index (χ2v) is 5.97. The van der Waals surface area contributed by atoms with Crippen LogP contribution in [0.15, 0.2) is 24.3 Å². The second-order valence-electron chi connectivity index (χ2n) is 5.97. The Balaban J connectivity index is 2.60. The first-order valence-corrected chi connectivity index (χ1v) is 6.59. The number of nitrogens with zero attached hydrogens (tertiary/aromatic N) is 1. The molecule has 0 aliphatic carbocycles. The molecule has 0 saturated heterocycles. The van der Waals surface area contributed by atoms with Crippen LogP contribution in [0.4, 0.5) is 4.39 Å². The van der Waals surface area contributed by atoms with Gasteiger partial charge in [-0.3, -0.25) is 9.78 Å². The Labute approximate surface area is 117 Å². The summed E-state index contributed by atoms with van der Waals surface area (Å²) in [5.41, 5.74) is 2.29. The molecule has 0 atom stereocenters. The summed E-state index contributed by atoms with van der Waals surface area (Å²) in [5, 5.41) is 9.53. The van der Waals surface area contributed by atoms with Gasteiger partial charge in [0.2, 0.25) is 0 Å². The Morgan fingerprint density at radius 1 is 1.30 bits per heavy atom. The van der Waals surface area contributed by atoms with Crippen molar-refractivity contribution in [2.24, 2.45) is 0 Å². The Morgan fingerprint density at radius 3 is 2.60 bits per heavy atom. The third-order valence-electron chi connectivity index (χ3n) is 3.23. The maximum Gasteiger partial charge on any atom is 0.303 e. The van der Waals surface area contributed by atoms with Gasteiger partial charge in [0.1, 0.15) is 5.82 Å². The summed E-state index contributed by atoms with van der Waals surface area (Å²) in [7, 11) is 0. The Bertz CT molecular complexity index is 659. The molecule has 2 aromatic rings. The highest BCUT2D eigenvalue weighted by Gasteiger charge is 2.18. The molecule has 1 aromatic carbocycles. The van der Waals surface area contributed by atoms with E-state index in [1.807, 2.05) is 26.8 Å². The average molecular weight is 275 g/mol. The molecule has 3 nitrogen and oxygen atoms in total. The van der Waals surface area contributed by atoms with Crippen LogP contribution < -0.4 is 0 Å². The Morgan fingerprint density at radius 2 is 2.00 bits per heavy atom. The number of carboxylic acids is 1. The number of benzene rings is 1. The number of pyridine rings is 1. The first-order valence-electron chi connectivity index (χ1n) is 6.59. The largest absolute Gasteiger partial charge is 0.481 e. The smallest absolute Gasteiger partial charge is 0.303 e. The standard InChI is InChI=1S/C16H18FNO2/c1-16(2,3)14-8-10(4-7-15(19)20)12-9-11(17)5-6-13(12)18-14/h5-6,8-9H,4,7H2,1-3H3,(H,19,20). The number of aryl methyl sites for hydroxylation is 1. The van der Waals surface area contributed by atoms with Gasteiger partial charge < -0.3 is 5.11 Å². The zero-order valence-electron chi connectivity index (χ0n) is 11.9. The summed E-state index contributed by atoms with van der Waals surface area (Å²) in [6.45, 7) is 6.14. The number of aromatic nitrogens is 1. The van der Waals surface area contributed by atoms with Crippen molar-refractivity contribution in [3.05, 3.63) is 41.3 Å². The molecule has 0 aliphatic heterocycles. The van der Waals surface area contributed by atoms with E-state index in [2.05, 4.69) is 4.98 Å². The number of halogens is 1. The highest BCUT2D eigenvalue weighted by atomic mass is 19.1. The van der Waals surface area contributed by atoms with E-state index in [1.54, 1.807) is 6.07 Å². The predicted molar refractivity (Wildman–Crippen MR) is 76.4 cm³/mol. The fourth-order valence-electron chi connectivity index (χ4n) is 2.10. The van der Waals surface area contributed by atoms with Crippen LogP contribution in [-0.2, 0) is 16.6 Å². The number of rotatable bonds is 3. The van der Waals surface area contributed by atoms with Crippen molar-refractivity contribution < 1.29 is 14.3 Å². The van der Waals surface area contributed by atoms with E-state index >= 15 is 0 Å². The summed E-state index contributed by atoms with van der Waals surface area (Å²) >= 11 is 0. The highest BCUT2D eigenvalue weighted by Crippen LogP contribution is 2.27. The number of fused-ring (bicyclic) bond motifs is 1. The van der Waals surface area contributed by atoms with Crippen LogP contribution >= 0.6 is 0 Å². The molecule has 0 saturated carbocycles. The molecule has 0 bridgehead atoms. The van der Waals surface area contributed by atoms with Gasteiger partial charge in [-0.1, -0.05) is 20.8 Å². The van der Waals surface area contributed by atoms with E-state index in [0.717, 1.165) is 11.3 Å². The quantitative estimate of drug-likeness (QED) is 0.929. The maximum atomic E-state index is 13.4. The van der Waals surface area contributed by atoms with E-state index in [-0.39, 0.29) is 17.7 Å². The maximum absolute atomic E-state index is 13.4.